The number of para-hydroxylation sites is 2. The van der Waals surface area contributed by atoms with Crippen molar-refractivity contribution in [3.05, 3.63) is 267 Å². The van der Waals surface area contributed by atoms with Crippen LogP contribution in [0.1, 0.15) is 0 Å². The van der Waals surface area contributed by atoms with Crippen LogP contribution in [0.5, 0.6) is 0 Å². The Morgan fingerprint density at radius 2 is 0.794 bits per heavy atom. The summed E-state index contributed by atoms with van der Waals surface area (Å²) in [7, 11) is 0. The van der Waals surface area contributed by atoms with Gasteiger partial charge < -0.3 is 9.47 Å². The third-order valence-electron chi connectivity index (χ3n) is 13.7. The van der Waals surface area contributed by atoms with Gasteiger partial charge in [0.2, 0.25) is 0 Å². The second-order valence-corrected chi connectivity index (χ2v) is 17.6. The fourth-order valence-corrected chi connectivity index (χ4v) is 10.8. The second kappa shape index (κ2) is 16.5. The zero-order valence-corrected chi connectivity index (χ0v) is 37.3. The van der Waals surface area contributed by atoms with Gasteiger partial charge in [0, 0.05) is 27.4 Å². The molecule has 0 aliphatic carbocycles. The number of fused-ring (bicyclic) bond motifs is 7. The summed E-state index contributed by atoms with van der Waals surface area (Å²) in [6.45, 7) is 0. The second-order valence-electron chi connectivity index (χ2n) is 17.6. The van der Waals surface area contributed by atoms with Crippen molar-refractivity contribution in [2.75, 3.05) is 4.90 Å². The highest BCUT2D eigenvalue weighted by Crippen LogP contribution is 2.49. The minimum absolute atomic E-state index is 1.08. The largest absolute Gasteiger partial charge is 0.309 e. The van der Waals surface area contributed by atoms with E-state index in [4.69, 9.17) is 0 Å². The fourth-order valence-electron chi connectivity index (χ4n) is 10.8. The van der Waals surface area contributed by atoms with Gasteiger partial charge in [0.1, 0.15) is 0 Å². The Kier molecular flexibility index (Phi) is 9.54. The van der Waals surface area contributed by atoms with Gasteiger partial charge >= 0.3 is 0 Å². The number of aromatic nitrogens is 1. The number of hydrogen-bond donors (Lipinski definition) is 0. The van der Waals surface area contributed by atoms with Gasteiger partial charge in [0.25, 0.3) is 0 Å². The Morgan fingerprint density at radius 3 is 1.57 bits per heavy atom. The Bertz CT molecular complexity index is 4010. The smallest absolute Gasteiger partial charge is 0.0562 e. The highest BCUT2D eigenvalue weighted by atomic mass is 15.2. The number of rotatable bonds is 8. The highest BCUT2D eigenvalue weighted by molar-refractivity contribution is 6.22. The highest BCUT2D eigenvalue weighted by Gasteiger charge is 2.24. The summed E-state index contributed by atoms with van der Waals surface area (Å²) in [6, 6.07) is 97.6. The van der Waals surface area contributed by atoms with E-state index < -0.39 is 0 Å². The predicted molar refractivity (Wildman–Crippen MR) is 290 cm³/mol. The zero-order chi connectivity index (χ0) is 45.0. The molecule has 0 unspecified atom stereocenters. The molecule has 0 aliphatic heterocycles. The molecule has 13 aromatic rings. The number of hydrogen-bond acceptors (Lipinski definition) is 1. The van der Waals surface area contributed by atoms with Crippen molar-refractivity contribution >= 4 is 71.2 Å². The number of nitrogens with zero attached hydrogens (tertiary/aromatic N) is 2. The molecule has 2 heteroatoms. The maximum Gasteiger partial charge on any atom is 0.0562 e. The molecule has 0 atom stereocenters. The van der Waals surface area contributed by atoms with Gasteiger partial charge in [-0.15, -0.1) is 0 Å². The molecule has 2 nitrogen and oxygen atoms in total. The predicted octanol–water partition coefficient (Wildman–Crippen LogP) is 18.4. The number of anilines is 3. The molecule has 0 bridgehead atoms. The lowest BCUT2D eigenvalue weighted by Crippen LogP contribution is -2.12. The lowest BCUT2D eigenvalue weighted by atomic mass is 9.84. The van der Waals surface area contributed by atoms with Crippen molar-refractivity contribution in [1.29, 1.82) is 0 Å². The minimum atomic E-state index is 1.08. The van der Waals surface area contributed by atoms with E-state index in [1.807, 2.05) is 0 Å². The normalized spacial score (nSPS) is 11.5. The Balaban J connectivity index is 1.07. The van der Waals surface area contributed by atoms with E-state index in [2.05, 4.69) is 276 Å². The van der Waals surface area contributed by atoms with Crippen LogP contribution in [0.2, 0.25) is 0 Å². The molecule has 1 aromatic heterocycles. The molecule has 0 aliphatic rings. The van der Waals surface area contributed by atoms with Gasteiger partial charge in [-0.1, -0.05) is 218 Å². The molecular weight excluding hydrogens is 821 g/mol. The van der Waals surface area contributed by atoms with Crippen LogP contribution in [0.25, 0.3) is 104 Å². The average molecular weight is 865 g/mol. The molecule has 12 aromatic carbocycles. The first-order valence-electron chi connectivity index (χ1n) is 23.4. The molecule has 0 fully saturated rings. The summed E-state index contributed by atoms with van der Waals surface area (Å²) >= 11 is 0. The van der Waals surface area contributed by atoms with Crippen LogP contribution >= 0.6 is 0 Å². The van der Waals surface area contributed by atoms with Crippen LogP contribution < -0.4 is 4.90 Å². The number of benzene rings is 12. The topological polar surface area (TPSA) is 8.17 Å². The van der Waals surface area contributed by atoms with Crippen LogP contribution in [0.4, 0.5) is 17.1 Å². The molecule has 0 saturated heterocycles. The molecule has 0 N–H and O–H groups in total. The van der Waals surface area contributed by atoms with Crippen molar-refractivity contribution in [2.24, 2.45) is 0 Å². The van der Waals surface area contributed by atoms with Crippen LogP contribution in [0.3, 0.4) is 0 Å². The first-order chi connectivity index (χ1) is 33.8. The van der Waals surface area contributed by atoms with E-state index in [9.17, 15) is 0 Å². The molecule has 13 rings (SSSR count). The van der Waals surface area contributed by atoms with Gasteiger partial charge in [0.15, 0.2) is 0 Å². The van der Waals surface area contributed by atoms with Gasteiger partial charge in [-0.2, -0.15) is 0 Å². The van der Waals surface area contributed by atoms with E-state index in [1.165, 1.54) is 82.1 Å². The van der Waals surface area contributed by atoms with Crippen molar-refractivity contribution in [3.8, 4) is 50.2 Å². The van der Waals surface area contributed by atoms with E-state index in [0.29, 0.717) is 0 Å². The fraction of sp³-hybridized carbons (Fsp3) is 0. The van der Waals surface area contributed by atoms with Gasteiger partial charge in [-0.25, -0.2) is 0 Å². The Morgan fingerprint density at radius 1 is 0.279 bits per heavy atom. The van der Waals surface area contributed by atoms with Crippen molar-refractivity contribution in [3.63, 3.8) is 0 Å². The van der Waals surface area contributed by atoms with Crippen molar-refractivity contribution in [2.45, 2.75) is 0 Å². The third-order valence-corrected chi connectivity index (χ3v) is 13.7. The van der Waals surface area contributed by atoms with Crippen molar-refractivity contribution < 1.29 is 0 Å². The van der Waals surface area contributed by atoms with Gasteiger partial charge in [-0.3, -0.25) is 0 Å². The van der Waals surface area contributed by atoms with Gasteiger partial charge in [-0.05, 0) is 114 Å². The quantitative estimate of drug-likeness (QED) is 0.138. The standard InChI is InChI=1S/C66H44N2/c1-4-21-45(22-5-1)52-32-14-16-36-59(52)67(62-39-20-40-63-66(62)57-35-15-17-37-61(57)68(63)60-38-19-28-46-23-10-11-31-53(46)60)51-30-18-29-49(43-51)50-41-42-55-54-33-12-13-34-56(54)64(47-24-6-2-7-25-47)65(58(55)44-50)48-26-8-3-9-27-48/h1-44H. The summed E-state index contributed by atoms with van der Waals surface area (Å²) in [6.07, 6.45) is 0. The van der Waals surface area contributed by atoms with Crippen LogP contribution in [-0.2, 0) is 0 Å². The van der Waals surface area contributed by atoms with Crippen LogP contribution in [-0.4, -0.2) is 4.57 Å². The van der Waals surface area contributed by atoms with Crippen LogP contribution in [0, 0.1) is 0 Å². The Labute approximate surface area is 395 Å². The van der Waals surface area contributed by atoms with Crippen LogP contribution in [0.15, 0.2) is 267 Å². The Hall–Kier alpha value is -8.98. The summed E-state index contributed by atoms with van der Waals surface area (Å²) in [5.74, 6) is 0. The molecule has 68 heavy (non-hydrogen) atoms. The maximum atomic E-state index is 2.49. The summed E-state index contributed by atoms with van der Waals surface area (Å²) in [5.41, 5.74) is 16.3. The van der Waals surface area contributed by atoms with Crippen molar-refractivity contribution in [1.82, 2.24) is 4.57 Å². The summed E-state index contributed by atoms with van der Waals surface area (Å²) in [4.78, 5) is 2.49. The van der Waals surface area contributed by atoms with E-state index in [-0.39, 0.29) is 0 Å². The third kappa shape index (κ3) is 6.49. The van der Waals surface area contributed by atoms with E-state index >= 15 is 0 Å². The molecule has 0 radical (unpaired) electrons. The molecular formula is C66H44N2. The maximum absolute atomic E-state index is 2.49. The lowest BCUT2D eigenvalue weighted by Gasteiger charge is -2.29. The SMILES string of the molecule is c1ccc(-c2ccccc2N(c2cccc(-c3ccc4c(c3)c(-c3ccccc3)c(-c3ccccc3)c3ccccc34)c2)c2cccc3c2c2ccccc2n3-c2cccc3ccccc23)cc1. The molecule has 0 spiro atoms. The first-order valence-corrected chi connectivity index (χ1v) is 23.4. The molecule has 318 valence electrons. The zero-order valence-electron chi connectivity index (χ0n) is 37.3. The summed E-state index contributed by atoms with van der Waals surface area (Å²) in [5, 5.41) is 9.81. The molecule has 1 heterocycles. The summed E-state index contributed by atoms with van der Waals surface area (Å²) < 4.78 is 2.46. The lowest BCUT2D eigenvalue weighted by molar-refractivity contribution is 1.20. The van der Waals surface area contributed by atoms with E-state index in [1.54, 1.807) is 0 Å². The first kappa shape index (κ1) is 39.4. The average Bonchev–Trinajstić information content (AvgIpc) is 3.76. The molecule has 0 saturated carbocycles. The minimum Gasteiger partial charge on any atom is -0.309 e. The van der Waals surface area contributed by atoms with Gasteiger partial charge in [0.05, 0.1) is 28.1 Å². The molecule has 0 amide bonds. The monoisotopic (exact) mass is 864 g/mol. The van der Waals surface area contributed by atoms with E-state index in [0.717, 1.165) is 39.3 Å².